The molecule has 1 amide bonds. The van der Waals surface area contributed by atoms with E-state index < -0.39 is 0 Å². The molecular weight excluding hydrogens is 368 g/mol. The van der Waals surface area contributed by atoms with Crippen molar-refractivity contribution < 1.29 is 14.1 Å². The molecule has 3 aromatic rings. The maximum absolute atomic E-state index is 12.4. The number of hydrogen-bond donors (Lipinski definition) is 1. The second kappa shape index (κ2) is 8.77. The van der Waals surface area contributed by atoms with Crippen molar-refractivity contribution in [2.45, 2.75) is 26.3 Å². The van der Waals surface area contributed by atoms with Gasteiger partial charge in [0.1, 0.15) is 5.75 Å². The highest BCUT2D eigenvalue weighted by Gasteiger charge is 2.19. The third-order valence-corrected chi connectivity index (χ3v) is 4.86. The predicted octanol–water partition coefficient (Wildman–Crippen LogP) is 3.98. The SMILES string of the molecule is CCOc1ccccc1-c1noc(CNc2ccc(C(=O)N3CCCC3)cc2)n1. The Morgan fingerprint density at radius 1 is 1.14 bits per heavy atom. The van der Waals surface area contributed by atoms with E-state index in [0.29, 0.717) is 30.4 Å². The molecule has 0 saturated carbocycles. The lowest BCUT2D eigenvalue weighted by molar-refractivity contribution is 0.0793. The molecule has 4 rings (SSSR count). The number of carbonyl (C=O) groups is 1. The minimum Gasteiger partial charge on any atom is -0.493 e. The van der Waals surface area contributed by atoms with Gasteiger partial charge in [-0.05, 0) is 56.2 Å². The van der Waals surface area contributed by atoms with Gasteiger partial charge in [0.25, 0.3) is 5.91 Å². The molecule has 1 saturated heterocycles. The van der Waals surface area contributed by atoms with Crippen LogP contribution in [0.1, 0.15) is 36.0 Å². The molecule has 0 atom stereocenters. The van der Waals surface area contributed by atoms with E-state index in [0.717, 1.165) is 42.9 Å². The van der Waals surface area contributed by atoms with E-state index in [4.69, 9.17) is 9.26 Å². The van der Waals surface area contributed by atoms with E-state index in [2.05, 4.69) is 15.5 Å². The first-order valence-electron chi connectivity index (χ1n) is 9.92. The molecule has 2 aromatic carbocycles. The molecule has 1 aliphatic heterocycles. The highest BCUT2D eigenvalue weighted by atomic mass is 16.5. The Balaban J connectivity index is 1.38. The first-order valence-corrected chi connectivity index (χ1v) is 9.92. The van der Waals surface area contributed by atoms with Crippen LogP contribution in [-0.2, 0) is 6.54 Å². The summed E-state index contributed by atoms with van der Waals surface area (Å²) in [7, 11) is 0. The van der Waals surface area contributed by atoms with Gasteiger partial charge < -0.3 is 19.5 Å². The second-order valence-electron chi connectivity index (χ2n) is 6.87. The zero-order valence-electron chi connectivity index (χ0n) is 16.4. The molecule has 1 aromatic heterocycles. The van der Waals surface area contributed by atoms with E-state index in [1.807, 2.05) is 60.4 Å². The van der Waals surface area contributed by atoms with Crippen LogP contribution in [0.3, 0.4) is 0 Å². The Hall–Kier alpha value is -3.35. The summed E-state index contributed by atoms with van der Waals surface area (Å²) in [5.41, 5.74) is 2.40. The van der Waals surface area contributed by atoms with Crippen LogP contribution in [0.15, 0.2) is 53.1 Å². The van der Waals surface area contributed by atoms with Gasteiger partial charge in [-0.25, -0.2) is 0 Å². The zero-order valence-corrected chi connectivity index (χ0v) is 16.4. The fraction of sp³-hybridized carbons (Fsp3) is 0.318. The van der Waals surface area contributed by atoms with Gasteiger partial charge in [-0.3, -0.25) is 4.79 Å². The highest BCUT2D eigenvalue weighted by Crippen LogP contribution is 2.27. The summed E-state index contributed by atoms with van der Waals surface area (Å²) in [6, 6.07) is 15.1. The van der Waals surface area contributed by atoms with Gasteiger partial charge >= 0.3 is 0 Å². The van der Waals surface area contributed by atoms with E-state index in [1.54, 1.807) is 0 Å². The number of ether oxygens (including phenoxy) is 1. The minimum absolute atomic E-state index is 0.101. The summed E-state index contributed by atoms with van der Waals surface area (Å²) in [6.45, 7) is 4.60. The summed E-state index contributed by atoms with van der Waals surface area (Å²) in [5, 5.41) is 7.32. The monoisotopic (exact) mass is 392 g/mol. The van der Waals surface area contributed by atoms with Crippen LogP contribution in [0.5, 0.6) is 5.75 Å². The van der Waals surface area contributed by atoms with Crippen LogP contribution < -0.4 is 10.1 Å². The molecule has 7 heteroatoms. The molecule has 150 valence electrons. The van der Waals surface area contributed by atoms with Crippen molar-refractivity contribution in [3.8, 4) is 17.1 Å². The van der Waals surface area contributed by atoms with Crippen LogP contribution in [0, 0.1) is 0 Å². The van der Waals surface area contributed by atoms with Gasteiger partial charge in [0.15, 0.2) is 0 Å². The van der Waals surface area contributed by atoms with Crippen LogP contribution in [0.25, 0.3) is 11.4 Å². The van der Waals surface area contributed by atoms with Crippen molar-refractivity contribution >= 4 is 11.6 Å². The third-order valence-electron chi connectivity index (χ3n) is 4.86. The number of amides is 1. The zero-order chi connectivity index (χ0) is 20.1. The Kier molecular flexibility index (Phi) is 5.74. The summed E-state index contributed by atoms with van der Waals surface area (Å²) >= 11 is 0. The first-order chi connectivity index (χ1) is 14.2. The molecule has 0 bridgehead atoms. The van der Waals surface area contributed by atoms with Crippen molar-refractivity contribution in [3.05, 3.63) is 60.0 Å². The summed E-state index contributed by atoms with van der Waals surface area (Å²) < 4.78 is 11.0. The van der Waals surface area contributed by atoms with Gasteiger partial charge in [-0.15, -0.1) is 0 Å². The normalized spacial score (nSPS) is 13.5. The molecule has 0 aliphatic carbocycles. The Labute approximate surface area is 169 Å². The Bertz CT molecular complexity index is 962. The summed E-state index contributed by atoms with van der Waals surface area (Å²) in [6.07, 6.45) is 2.18. The number of rotatable bonds is 7. The molecule has 2 heterocycles. The summed E-state index contributed by atoms with van der Waals surface area (Å²) in [5.74, 6) is 1.80. The predicted molar refractivity (Wildman–Crippen MR) is 110 cm³/mol. The van der Waals surface area contributed by atoms with E-state index in [9.17, 15) is 4.79 Å². The summed E-state index contributed by atoms with van der Waals surface area (Å²) in [4.78, 5) is 18.8. The highest BCUT2D eigenvalue weighted by molar-refractivity contribution is 5.94. The van der Waals surface area contributed by atoms with Crippen LogP contribution in [0.4, 0.5) is 5.69 Å². The molecule has 0 unspecified atom stereocenters. The number of carbonyl (C=O) groups excluding carboxylic acids is 1. The van der Waals surface area contributed by atoms with Gasteiger partial charge in [-0.2, -0.15) is 4.98 Å². The molecular formula is C22H24N4O3. The average molecular weight is 392 g/mol. The van der Waals surface area contributed by atoms with Gasteiger partial charge in [0.05, 0.1) is 18.7 Å². The standard InChI is InChI=1S/C22H24N4O3/c1-2-28-19-8-4-3-7-18(19)21-24-20(29-25-21)15-23-17-11-9-16(10-12-17)22(27)26-13-5-6-14-26/h3-4,7-12,23H,2,5-6,13-15H2,1H3. The van der Waals surface area contributed by atoms with E-state index in [1.165, 1.54) is 0 Å². The maximum Gasteiger partial charge on any atom is 0.253 e. The lowest BCUT2D eigenvalue weighted by atomic mass is 10.2. The number of nitrogens with zero attached hydrogens (tertiary/aromatic N) is 3. The molecule has 0 spiro atoms. The smallest absolute Gasteiger partial charge is 0.253 e. The Morgan fingerprint density at radius 2 is 1.90 bits per heavy atom. The van der Waals surface area contributed by atoms with E-state index >= 15 is 0 Å². The van der Waals surface area contributed by atoms with Crippen LogP contribution in [0.2, 0.25) is 0 Å². The molecule has 0 radical (unpaired) electrons. The van der Waals surface area contributed by atoms with Crippen molar-refractivity contribution in [2.24, 2.45) is 0 Å². The number of para-hydroxylation sites is 1. The molecule has 7 nitrogen and oxygen atoms in total. The van der Waals surface area contributed by atoms with Crippen molar-refractivity contribution in [3.63, 3.8) is 0 Å². The average Bonchev–Trinajstić information content (AvgIpc) is 3.45. The number of hydrogen-bond acceptors (Lipinski definition) is 6. The molecule has 1 fully saturated rings. The second-order valence-corrected chi connectivity index (χ2v) is 6.87. The number of nitrogens with one attached hydrogen (secondary N) is 1. The number of benzene rings is 2. The topological polar surface area (TPSA) is 80.5 Å². The van der Waals surface area contributed by atoms with Gasteiger partial charge in [0.2, 0.25) is 11.7 Å². The minimum atomic E-state index is 0.101. The van der Waals surface area contributed by atoms with Crippen molar-refractivity contribution in [1.29, 1.82) is 0 Å². The van der Waals surface area contributed by atoms with Gasteiger partial charge in [-0.1, -0.05) is 17.3 Å². The van der Waals surface area contributed by atoms with Crippen LogP contribution >= 0.6 is 0 Å². The number of likely N-dealkylation sites (tertiary alicyclic amines) is 1. The third kappa shape index (κ3) is 4.39. The molecule has 29 heavy (non-hydrogen) atoms. The lowest BCUT2D eigenvalue weighted by Gasteiger charge is -2.15. The largest absolute Gasteiger partial charge is 0.493 e. The maximum atomic E-state index is 12.4. The number of aromatic nitrogens is 2. The fourth-order valence-electron chi connectivity index (χ4n) is 3.38. The Morgan fingerprint density at radius 3 is 2.66 bits per heavy atom. The van der Waals surface area contributed by atoms with Crippen LogP contribution in [-0.4, -0.2) is 40.6 Å². The molecule has 1 aliphatic rings. The number of anilines is 1. The van der Waals surface area contributed by atoms with Crippen molar-refractivity contribution in [2.75, 3.05) is 25.0 Å². The quantitative estimate of drug-likeness (QED) is 0.655. The first kappa shape index (κ1) is 19.0. The van der Waals surface area contributed by atoms with Gasteiger partial charge in [0, 0.05) is 24.3 Å². The van der Waals surface area contributed by atoms with E-state index in [-0.39, 0.29) is 5.91 Å². The fourth-order valence-corrected chi connectivity index (χ4v) is 3.38. The lowest BCUT2D eigenvalue weighted by Crippen LogP contribution is -2.27. The molecule has 1 N–H and O–H groups in total. The van der Waals surface area contributed by atoms with Crippen molar-refractivity contribution in [1.82, 2.24) is 15.0 Å².